The molecule has 1 heterocycles. The van der Waals surface area contributed by atoms with E-state index in [1.54, 1.807) is 6.07 Å². The highest BCUT2D eigenvalue weighted by atomic mass is 35.5. The van der Waals surface area contributed by atoms with E-state index in [0.717, 1.165) is 11.8 Å². The van der Waals surface area contributed by atoms with Crippen molar-refractivity contribution in [3.63, 3.8) is 0 Å². The maximum atomic E-state index is 10.5. The molecule has 0 radical (unpaired) electrons. The largest absolute Gasteiger partial charge is 0.456 e. The average Bonchev–Trinajstić information content (AvgIpc) is 2.85. The van der Waals surface area contributed by atoms with Crippen LogP contribution in [0, 0.1) is 0 Å². The molecule has 1 aromatic carbocycles. The third-order valence-corrected chi connectivity index (χ3v) is 3.78. The number of para-hydroxylation sites is 1. The Morgan fingerprint density at radius 1 is 1.47 bits per heavy atom. The van der Waals surface area contributed by atoms with Crippen molar-refractivity contribution in [1.82, 2.24) is 0 Å². The van der Waals surface area contributed by atoms with E-state index in [0.29, 0.717) is 29.2 Å². The van der Waals surface area contributed by atoms with E-state index in [-0.39, 0.29) is 6.04 Å². The molecule has 3 nitrogen and oxygen atoms in total. The summed E-state index contributed by atoms with van der Waals surface area (Å²) < 4.78 is 5.70. The Hall–Kier alpha value is -1.03. The Bertz CT molecular complexity index is 566. The van der Waals surface area contributed by atoms with Gasteiger partial charge in [0.25, 0.3) is 0 Å². The number of halogens is 1. The van der Waals surface area contributed by atoms with E-state index in [4.69, 9.17) is 21.8 Å². The van der Waals surface area contributed by atoms with Gasteiger partial charge in [-0.3, -0.25) is 0 Å². The Morgan fingerprint density at radius 3 is 2.94 bits per heavy atom. The highest BCUT2D eigenvalue weighted by Crippen LogP contribution is 2.41. The van der Waals surface area contributed by atoms with E-state index in [1.807, 2.05) is 18.2 Å². The zero-order valence-electron chi connectivity index (χ0n) is 9.32. The molecule has 2 aromatic rings. The molecule has 4 heteroatoms. The predicted molar refractivity (Wildman–Crippen MR) is 66.9 cm³/mol. The van der Waals surface area contributed by atoms with E-state index in [2.05, 4.69) is 0 Å². The second kappa shape index (κ2) is 3.73. The second-order valence-corrected chi connectivity index (χ2v) is 5.21. The number of benzene rings is 1. The first-order valence-corrected chi connectivity index (χ1v) is 6.13. The van der Waals surface area contributed by atoms with Crippen molar-refractivity contribution < 1.29 is 9.52 Å². The number of hydrogen-bond donors (Lipinski definition) is 2. The van der Waals surface area contributed by atoms with Crippen LogP contribution in [-0.2, 0) is 5.60 Å². The summed E-state index contributed by atoms with van der Waals surface area (Å²) in [5.74, 6) is 0.577. The van der Waals surface area contributed by atoms with Gasteiger partial charge in [-0.15, -0.1) is 0 Å². The standard InChI is InChI=1S/C13H14ClNO2/c14-10-3-1-2-8-6-11(17-12(8)10)13(16)5-4-9(15)7-13/h1-3,6,9,16H,4-5,7,15H2. The van der Waals surface area contributed by atoms with Crippen LogP contribution >= 0.6 is 11.6 Å². The fourth-order valence-electron chi connectivity index (χ4n) is 2.54. The van der Waals surface area contributed by atoms with Crippen molar-refractivity contribution >= 4 is 22.6 Å². The normalized spacial score (nSPS) is 29.0. The Morgan fingerprint density at radius 2 is 2.29 bits per heavy atom. The molecule has 1 aromatic heterocycles. The molecule has 3 N–H and O–H groups in total. The van der Waals surface area contributed by atoms with Gasteiger partial charge in [0.1, 0.15) is 11.4 Å². The summed E-state index contributed by atoms with van der Waals surface area (Å²) in [4.78, 5) is 0. The molecule has 0 bridgehead atoms. The zero-order chi connectivity index (χ0) is 12.0. The lowest BCUT2D eigenvalue weighted by Crippen LogP contribution is -2.24. The summed E-state index contributed by atoms with van der Waals surface area (Å²) in [5.41, 5.74) is 5.55. The van der Waals surface area contributed by atoms with E-state index < -0.39 is 5.60 Å². The van der Waals surface area contributed by atoms with Gasteiger partial charge in [0.15, 0.2) is 5.58 Å². The molecule has 2 unspecified atom stereocenters. The molecule has 17 heavy (non-hydrogen) atoms. The Labute approximate surface area is 104 Å². The number of rotatable bonds is 1. The zero-order valence-corrected chi connectivity index (χ0v) is 10.1. The topological polar surface area (TPSA) is 59.4 Å². The van der Waals surface area contributed by atoms with Gasteiger partial charge < -0.3 is 15.3 Å². The van der Waals surface area contributed by atoms with Crippen molar-refractivity contribution in [2.75, 3.05) is 0 Å². The highest BCUT2D eigenvalue weighted by molar-refractivity contribution is 6.34. The van der Waals surface area contributed by atoms with Crippen LogP contribution in [0.5, 0.6) is 0 Å². The SMILES string of the molecule is NC1CCC(O)(c2cc3cccc(Cl)c3o2)C1. The lowest BCUT2D eigenvalue weighted by atomic mass is 9.98. The average molecular weight is 252 g/mol. The number of fused-ring (bicyclic) bond motifs is 1. The molecule has 0 amide bonds. The molecule has 90 valence electrons. The molecular weight excluding hydrogens is 238 g/mol. The second-order valence-electron chi connectivity index (χ2n) is 4.80. The van der Waals surface area contributed by atoms with Crippen molar-refractivity contribution in [3.05, 3.63) is 35.0 Å². The summed E-state index contributed by atoms with van der Waals surface area (Å²) in [6.45, 7) is 0. The minimum atomic E-state index is -0.929. The van der Waals surface area contributed by atoms with Crippen LogP contribution in [0.25, 0.3) is 11.0 Å². The molecule has 2 atom stereocenters. The molecule has 1 aliphatic rings. The number of aliphatic hydroxyl groups is 1. The van der Waals surface area contributed by atoms with Crippen LogP contribution in [0.15, 0.2) is 28.7 Å². The van der Waals surface area contributed by atoms with Gasteiger partial charge in [-0.1, -0.05) is 23.7 Å². The quantitative estimate of drug-likeness (QED) is 0.819. The fourth-order valence-corrected chi connectivity index (χ4v) is 2.76. The first-order valence-electron chi connectivity index (χ1n) is 5.75. The molecule has 1 fully saturated rings. The number of hydrogen-bond acceptors (Lipinski definition) is 3. The van der Waals surface area contributed by atoms with Crippen molar-refractivity contribution in [3.8, 4) is 0 Å². The summed E-state index contributed by atoms with van der Waals surface area (Å²) in [6.07, 6.45) is 2.01. The van der Waals surface area contributed by atoms with Crippen LogP contribution in [0.1, 0.15) is 25.0 Å². The summed E-state index contributed by atoms with van der Waals surface area (Å²) in [6, 6.07) is 7.48. The third-order valence-electron chi connectivity index (χ3n) is 3.48. The van der Waals surface area contributed by atoms with Gasteiger partial charge in [0.05, 0.1) is 5.02 Å². The van der Waals surface area contributed by atoms with Gasteiger partial charge >= 0.3 is 0 Å². The molecule has 0 saturated heterocycles. The van der Waals surface area contributed by atoms with Crippen LogP contribution < -0.4 is 5.73 Å². The van der Waals surface area contributed by atoms with Crippen molar-refractivity contribution in [2.45, 2.75) is 30.9 Å². The summed E-state index contributed by atoms with van der Waals surface area (Å²) in [5, 5.41) is 12.0. The Balaban J connectivity index is 2.10. The van der Waals surface area contributed by atoms with Gasteiger partial charge in [0.2, 0.25) is 0 Å². The summed E-state index contributed by atoms with van der Waals surface area (Å²) >= 11 is 6.05. The van der Waals surface area contributed by atoms with Gasteiger partial charge in [-0.05, 0) is 31.4 Å². The number of nitrogens with two attached hydrogens (primary N) is 1. The minimum Gasteiger partial charge on any atom is -0.456 e. The predicted octanol–water partition coefficient (Wildman–Crippen LogP) is 2.79. The van der Waals surface area contributed by atoms with Crippen LogP contribution in [0.3, 0.4) is 0 Å². The molecule has 1 saturated carbocycles. The van der Waals surface area contributed by atoms with Crippen LogP contribution in [-0.4, -0.2) is 11.1 Å². The maximum Gasteiger partial charge on any atom is 0.153 e. The lowest BCUT2D eigenvalue weighted by molar-refractivity contribution is 0.0222. The molecule has 3 rings (SSSR count). The van der Waals surface area contributed by atoms with E-state index in [1.165, 1.54) is 0 Å². The highest BCUT2D eigenvalue weighted by Gasteiger charge is 2.40. The molecule has 0 spiro atoms. The summed E-state index contributed by atoms with van der Waals surface area (Å²) in [7, 11) is 0. The maximum absolute atomic E-state index is 10.5. The smallest absolute Gasteiger partial charge is 0.153 e. The molecular formula is C13H14ClNO2. The lowest BCUT2D eigenvalue weighted by Gasteiger charge is -2.19. The number of furan rings is 1. The van der Waals surface area contributed by atoms with Crippen LogP contribution in [0.2, 0.25) is 5.02 Å². The van der Waals surface area contributed by atoms with Crippen LogP contribution in [0.4, 0.5) is 0 Å². The first kappa shape index (κ1) is 11.1. The van der Waals surface area contributed by atoms with Gasteiger partial charge in [-0.2, -0.15) is 0 Å². The Kier molecular flexibility index (Phi) is 2.43. The van der Waals surface area contributed by atoms with E-state index >= 15 is 0 Å². The molecule has 1 aliphatic carbocycles. The van der Waals surface area contributed by atoms with Crippen molar-refractivity contribution in [1.29, 1.82) is 0 Å². The van der Waals surface area contributed by atoms with Gasteiger partial charge in [0, 0.05) is 11.4 Å². The fraction of sp³-hybridized carbons (Fsp3) is 0.385. The minimum absolute atomic E-state index is 0.0451. The monoisotopic (exact) mass is 251 g/mol. The first-order chi connectivity index (χ1) is 8.08. The molecule has 0 aliphatic heterocycles. The van der Waals surface area contributed by atoms with E-state index in [9.17, 15) is 5.11 Å². The van der Waals surface area contributed by atoms with Gasteiger partial charge in [-0.25, -0.2) is 0 Å². The van der Waals surface area contributed by atoms with Crippen molar-refractivity contribution in [2.24, 2.45) is 5.73 Å². The third kappa shape index (κ3) is 1.75.